The van der Waals surface area contributed by atoms with Crippen LogP contribution in [0.5, 0.6) is 0 Å². The van der Waals surface area contributed by atoms with E-state index in [-0.39, 0.29) is 34.3 Å². The second-order valence-corrected chi connectivity index (χ2v) is 10.3. The first-order valence-corrected chi connectivity index (χ1v) is 13.5. The minimum Gasteiger partial charge on any atom is -0.349 e. The zero-order chi connectivity index (χ0) is 30.7. The lowest BCUT2D eigenvalue weighted by Gasteiger charge is -2.22. The number of nitrogens with zero attached hydrogens (tertiary/aromatic N) is 4. The molecule has 0 N–H and O–H groups in total. The summed E-state index contributed by atoms with van der Waals surface area (Å²) in [6, 6.07) is 24.4. The van der Waals surface area contributed by atoms with Crippen LogP contribution < -0.4 is 0 Å². The third-order valence-electron chi connectivity index (χ3n) is 7.11. The molecule has 0 radical (unpaired) electrons. The van der Waals surface area contributed by atoms with Gasteiger partial charge in [0.2, 0.25) is 11.5 Å². The van der Waals surface area contributed by atoms with Gasteiger partial charge in [-0.05, 0) is 56.5 Å². The number of aryl methyl sites for hydroxylation is 4. The Balaban J connectivity index is 1.90. The van der Waals surface area contributed by atoms with Crippen molar-refractivity contribution in [1.82, 2.24) is 10.3 Å². The Hall–Kier alpha value is -5.64. The zero-order valence-electron chi connectivity index (χ0n) is 24.0. The molecule has 216 valence electrons. The first-order chi connectivity index (χ1) is 20.6. The largest absolute Gasteiger partial charge is 0.349 e. The molecule has 0 aliphatic carbocycles. The number of allylic oxidation sites excluding steroid dienone is 2. The summed E-state index contributed by atoms with van der Waals surface area (Å²) in [5, 5.41) is 32.5. The molecule has 5 aromatic rings. The zero-order valence-corrected chi connectivity index (χ0v) is 24.0. The Morgan fingerprint density at radius 2 is 1.05 bits per heavy atom. The van der Waals surface area contributed by atoms with E-state index in [0.717, 1.165) is 22.3 Å². The third-order valence-corrected chi connectivity index (χ3v) is 7.11. The van der Waals surface area contributed by atoms with Gasteiger partial charge >= 0.3 is 11.4 Å². The molecule has 10 nitrogen and oxygen atoms in total. The SMILES string of the molecule is Cc1ccc(/C=C(\c2onc(C)c2[N+](=O)[O-])C(/C(=C/c2ccc(C)cc2)c2onc(C)c2[N+](=O)[O-])c2ccccc2)cc1. The van der Waals surface area contributed by atoms with Gasteiger partial charge in [-0.3, -0.25) is 20.2 Å². The van der Waals surface area contributed by atoms with Gasteiger partial charge in [0.1, 0.15) is 0 Å². The van der Waals surface area contributed by atoms with Crippen LogP contribution in [0.4, 0.5) is 11.4 Å². The van der Waals surface area contributed by atoms with Crippen molar-refractivity contribution in [1.29, 1.82) is 0 Å². The maximum atomic E-state index is 12.3. The number of aromatic nitrogens is 2. The van der Waals surface area contributed by atoms with Crippen molar-refractivity contribution < 1.29 is 18.9 Å². The van der Waals surface area contributed by atoms with Crippen molar-refractivity contribution in [2.24, 2.45) is 0 Å². The number of hydrogen-bond donors (Lipinski definition) is 0. The molecule has 5 rings (SSSR count). The van der Waals surface area contributed by atoms with E-state index in [1.807, 2.05) is 92.7 Å². The van der Waals surface area contributed by atoms with Crippen LogP contribution in [0, 0.1) is 47.9 Å². The summed E-state index contributed by atoms with van der Waals surface area (Å²) in [6.07, 6.45) is 3.56. The van der Waals surface area contributed by atoms with Crippen molar-refractivity contribution in [2.45, 2.75) is 33.6 Å². The standard InChI is InChI=1S/C33H28N4O6/c1-20-10-14-24(15-11-20)18-27(32-30(36(38)39)22(3)34-42-32)29(26-8-6-5-7-9-26)28(19-25-16-12-21(2)13-17-25)33-31(37(40)41)23(4)35-43-33/h5-19,29H,1-4H3/b27-18-,28-19-. The maximum absolute atomic E-state index is 12.3. The number of benzene rings is 3. The Kier molecular flexibility index (Phi) is 8.11. The summed E-state index contributed by atoms with van der Waals surface area (Å²) in [5.41, 5.74) is 4.58. The van der Waals surface area contributed by atoms with Gasteiger partial charge in [0, 0.05) is 17.1 Å². The van der Waals surface area contributed by atoms with Crippen LogP contribution in [0.2, 0.25) is 0 Å². The van der Waals surface area contributed by atoms with Crippen molar-refractivity contribution in [2.75, 3.05) is 0 Å². The molecule has 0 aliphatic heterocycles. The molecule has 0 unspecified atom stereocenters. The van der Waals surface area contributed by atoms with Gasteiger partial charge in [0.15, 0.2) is 11.4 Å². The van der Waals surface area contributed by atoms with Gasteiger partial charge in [-0.1, -0.05) is 100 Å². The van der Waals surface area contributed by atoms with Crippen molar-refractivity contribution in [3.05, 3.63) is 150 Å². The van der Waals surface area contributed by atoms with E-state index in [2.05, 4.69) is 10.3 Å². The van der Waals surface area contributed by atoms with Gasteiger partial charge in [0.25, 0.3) is 0 Å². The fourth-order valence-corrected chi connectivity index (χ4v) is 4.96. The number of hydrogen-bond acceptors (Lipinski definition) is 8. The fourth-order valence-electron chi connectivity index (χ4n) is 4.96. The lowest BCUT2D eigenvalue weighted by atomic mass is 9.80. The van der Waals surface area contributed by atoms with Crippen LogP contribution in [0.1, 0.15) is 56.6 Å². The molecular weight excluding hydrogens is 548 g/mol. The monoisotopic (exact) mass is 576 g/mol. The van der Waals surface area contributed by atoms with Gasteiger partial charge < -0.3 is 9.05 Å². The molecule has 0 bridgehead atoms. The molecule has 2 heterocycles. The average molecular weight is 577 g/mol. The second-order valence-electron chi connectivity index (χ2n) is 10.3. The highest BCUT2D eigenvalue weighted by Crippen LogP contribution is 2.49. The summed E-state index contributed by atoms with van der Waals surface area (Å²) in [7, 11) is 0. The van der Waals surface area contributed by atoms with Crippen LogP contribution in [-0.2, 0) is 0 Å². The highest BCUT2D eigenvalue weighted by Gasteiger charge is 2.38. The molecule has 0 saturated carbocycles. The molecule has 2 aromatic heterocycles. The Bertz CT molecular complexity index is 1730. The molecule has 0 saturated heterocycles. The Morgan fingerprint density at radius 1 is 0.651 bits per heavy atom. The molecule has 3 aromatic carbocycles. The topological polar surface area (TPSA) is 138 Å². The van der Waals surface area contributed by atoms with Crippen LogP contribution in [0.15, 0.2) is 87.9 Å². The van der Waals surface area contributed by atoms with Gasteiger partial charge in [0.05, 0.1) is 9.85 Å². The van der Waals surface area contributed by atoms with Crippen LogP contribution in [-0.4, -0.2) is 20.2 Å². The highest BCUT2D eigenvalue weighted by atomic mass is 16.6. The molecule has 0 atom stereocenters. The number of nitro groups is 2. The maximum Gasteiger partial charge on any atom is 0.339 e. The van der Waals surface area contributed by atoms with Crippen molar-refractivity contribution >= 4 is 34.7 Å². The van der Waals surface area contributed by atoms with Crippen LogP contribution in [0.3, 0.4) is 0 Å². The normalized spacial score (nSPS) is 12.7. The predicted octanol–water partition coefficient (Wildman–Crippen LogP) is 8.28. The summed E-state index contributed by atoms with van der Waals surface area (Å²) in [6.45, 7) is 6.92. The summed E-state index contributed by atoms with van der Waals surface area (Å²) in [4.78, 5) is 23.6. The van der Waals surface area contributed by atoms with Gasteiger partial charge in [-0.25, -0.2) is 0 Å². The molecule has 0 amide bonds. The van der Waals surface area contributed by atoms with Crippen LogP contribution >= 0.6 is 0 Å². The van der Waals surface area contributed by atoms with Crippen molar-refractivity contribution in [3.8, 4) is 0 Å². The molecule has 43 heavy (non-hydrogen) atoms. The summed E-state index contributed by atoms with van der Waals surface area (Å²) in [5.74, 6) is -0.975. The first kappa shape index (κ1) is 28.9. The van der Waals surface area contributed by atoms with Gasteiger partial charge in [-0.15, -0.1) is 0 Å². The van der Waals surface area contributed by atoms with Crippen LogP contribution in [0.25, 0.3) is 23.3 Å². The smallest absolute Gasteiger partial charge is 0.339 e. The van der Waals surface area contributed by atoms with E-state index in [0.29, 0.717) is 16.7 Å². The molecule has 10 heteroatoms. The lowest BCUT2D eigenvalue weighted by molar-refractivity contribution is -0.386. The van der Waals surface area contributed by atoms with E-state index >= 15 is 0 Å². The van der Waals surface area contributed by atoms with E-state index in [1.165, 1.54) is 13.8 Å². The minimum absolute atomic E-state index is 0.0642. The summed E-state index contributed by atoms with van der Waals surface area (Å²) >= 11 is 0. The Morgan fingerprint density at radius 3 is 1.42 bits per heavy atom. The predicted molar refractivity (Wildman–Crippen MR) is 163 cm³/mol. The fraction of sp³-hybridized carbons (Fsp3) is 0.152. The third kappa shape index (κ3) is 6.03. The lowest BCUT2D eigenvalue weighted by Crippen LogP contribution is -2.08. The highest BCUT2D eigenvalue weighted by molar-refractivity contribution is 5.99. The quantitative estimate of drug-likeness (QED) is 0.126. The molecule has 0 fully saturated rings. The van der Waals surface area contributed by atoms with Crippen molar-refractivity contribution in [3.63, 3.8) is 0 Å². The van der Waals surface area contributed by atoms with Gasteiger partial charge in [-0.2, -0.15) is 0 Å². The van der Waals surface area contributed by atoms with E-state index in [1.54, 1.807) is 12.2 Å². The Labute approximate surface area is 247 Å². The van der Waals surface area contributed by atoms with E-state index < -0.39 is 15.8 Å². The van der Waals surface area contributed by atoms with E-state index in [9.17, 15) is 20.2 Å². The molecular formula is C33H28N4O6. The molecule has 0 aliphatic rings. The minimum atomic E-state index is -0.846. The molecule has 0 spiro atoms. The first-order valence-electron chi connectivity index (χ1n) is 13.5. The van der Waals surface area contributed by atoms with E-state index in [4.69, 9.17) is 9.05 Å². The second kappa shape index (κ2) is 12.1. The summed E-state index contributed by atoms with van der Waals surface area (Å²) < 4.78 is 11.4. The average Bonchev–Trinajstić information content (AvgIpc) is 3.57. The number of rotatable bonds is 9.